The van der Waals surface area contributed by atoms with Crippen molar-refractivity contribution in [3.05, 3.63) is 40.4 Å². The van der Waals surface area contributed by atoms with Crippen molar-refractivity contribution < 1.29 is 4.92 Å². The summed E-state index contributed by atoms with van der Waals surface area (Å²) >= 11 is 0. The number of nitro groups is 1. The number of fused-ring (bicyclic) bond motifs is 1. The van der Waals surface area contributed by atoms with E-state index in [2.05, 4.69) is 15.4 Å². The molecule has 20 heavy (non-hydrogen) atoms. The smallest absolute Gasteiger partial charge is 0.270 e. The molecule has 0 radical (unpaired) electrons. The summed E-state index contributed by atoms with van der Waals surface area (Å²) in [6.07, 6.45) is 3.55. The maximum absolute atomic E-state index is 10.8. The molecule has 0 saturated carbocycles. The molecule has 0 bridgehead atoms. The lowest BCUT2D eigenvalue weighted by Gasteiger charge is -2.22. The summed E-state index contributed by atoms with van der Waals surface area (Å²) in [7, 11) is 0. The number of hydrogen-bond acceptors (Lipinski definition) is 5. The van der Waals surface area contributed by atoms with Gasteiger partial charge >= 0.3 is 0 Å². The van der Waals surface area contributed by atoms with Crippen LogP contribution in [0, 0.1) is 10.1 Å². The standard InChI is InChI=1S/C14H16N4O2/c19-18(20)12-5-6-13-11(10-12)4-7-14(16-13)17-9-3-1-2-8-15-17/h4-7,10,15H,1-3,8-9H2. The van der Waals surface area contributed by atoms with Gasteiger partial charge in [-0.1, -0.05) is 6.42 Å². The second-order valence-corrected chi connectivity index (χ2v) is 4.92. The Morgan fingerprint density at radius 2 is 2.10 bits per heavy atom. The van der Waals surface area contributed by atoms with Gasteiger partial charge in [-0.3, -0.25) is 15.1 Å². The number of nitrogens with zero attached hydrogens (tertiary/aromatic N) is 3. The zero-order chi connectivity index (χ0) is 13.9. The van der Waals surface area contributed by atoms with Crippen LogP contribution in [0.1, 0.15) is 19.3 Å². The number of hydrogen-bond donors (Lipinski definition) is 1. The van der Waals surface area contributed by atoms with E-state index in [9.17, 15) is 10.1 Å². The van der Waals surface area contributed by atoms with Crippen molar-refractivity contribution in [1.82, 2.24) is 10.4 Å². The zero-order valence-corrected chi connectivity index (χ0v) is 11.1. The molecule has 1 saturated heterocycles. The first kappa shape index (κ1) is 12.8. The van der Waals surface area contributed by atoms with E-state index in [0.29, 0.717) is 0 Å². The minimum atomic E-state index is -0.385. The van der Waals surface area contributed by atoms with Crippen LogP contribution in [0.25, 0.3) is 10.9 Å². The van der Waals surface area contributed by atoms with Gasteiger partial charge in [-0.25, -0.2) is 10.4 Å². The van der Waals surface area contributed by atoms with E-state index in [0.717, 1.165) is 36.2 Å². The van der Waals surface area contributed by atoms with Crippen molar-refractivity contribution in [3.63, 3.8) is 0 Å². The SMILES string of the molecule is O=[N+]([O-])c1ccc2nc(N3CCCCCN3)ccc2c1. The van der Waals surface area contributed by atoms with Gasteiger partial charge in [0.25, 0.3) is 5.69 Å². The van der Waals surface area contributed by atoms with Crippen LogP contribution in [-0.2, 0) is 0 Å². The van der Waals surface area contributed by atoms with Gasteiger partial charge in [0.1, 0.15) is 5.82 Å². The van der Waals surface area contributed by atoms with Gasteiger partial charge < -0.3 is 0 Å². The van der Waals surface area contributed by atoms with Crippen molar-refractivity contribution in [2.75, 3.05) is 18.1 Å². The molecule has 1 aliphatic heterocycles. The monoisotopic (exact) mass is 272 g/mol. The predicted octanol–water partition coefficient (Wildman–Crippen LogP) is 2.64. The molecule has 2 heterocycles. The second-order valence-electron chi connectivity index (χ2n) is 4.92. The lowest BCUT2D eigenvalue weighted by Crippen LogP contribution is -2.38. The van der Waals surface area contributed by atoms with Gasteiger partial charge in [0, 0.05) is 30.6 Å². The summed E-state index contributed by atoms with van der Waals surface area (Å²) in [5, 5.41) is 13.6. The summed E-state index contributed by atoms with van der Waals surface area (Å²) in [6.45, 7) is 1.89. The van der Waals surface area contributed by atoms with Gasteiger partial charge in [0.05, 0.1) is 10.4 Å². The van der Waals surface area contributed by atoms with Gasteiger partial charge in [0.15, 0.2) is 0 Å². The third kappa shape index (κ3) is 2.55. The third-order valence-corrected chi connectivity index (χ3v) is 3.51. The van der Waals surface area contributed by atoms with Gasteiger partial charge in [-0.2, -0.15) is 0 Å². The highest BCUT2D eigenvalue weighted by atomic mass is 16.6. The molecule has 1 N–H and O–H groups in total. The molecule has 1 aliphatic rings. The predicted molar refractivity (Wildman–Crippen MR) is 77.6 cm³/mol. The molecule has 0 aliphatic carbocycles. The summed E-state index contributed by atoms with van der Waals surface area (Å²) in [6, 6.07) is 8.55. The van der Waals surface area contributed by atoms with Crippen LogP contribution in [0.15, 0.2) is 30.3 Å². The molecule has 3 rings (SSSR count). The molecule has 1 aromatic carbocycles. The largest absolute Gasteiger partial charge is 0.292 e. The highest BCUT2D eigenvalue weighted by molar-refractivity contribution is 5.82. The van der Waals surface area contributed by atoms with E-state index in [1.807, 2.05) is 12.1 Å². The average molecular weight is 272 g/mol. The Kier molecular flexibility index (Phi) is 3.47. The fourth-order valence-electron chi connectivity index (χ4n) is 2.43. The Hall–Kier alpha value is -2.21. The van der Waals surface area contributed by atoms with Crippen LogP contribution in [0.3, 0.4) is 0 Å². The van der Waals surface area contributed by atoms with E-state index in [-0.39, 0.29) is 10.6 Å². The van der Waals surface area contributed by atoms with E-state index in [4.69, 9.17) is 0 Å². The number of anilines is 1. The zero-order valence-electron chi connectivity index (χ0n) is 11.1. The van der Waals surface area contributed by atoms with Crippen LogP contribution in [0.2, 0.25) is 0 Å². The maximum atomic E-state index is 10.8. The first-order chi connectivity index (χ1) is 9.74. The van der Waals surface area contributed by atoms with E-state index >= 15 is 0 Å². The normalized spacial score (nSPS) is 16.1. The number of benzene rings is 1. The molecular weight excluding hydrogens is 256 g/mol. The number of non-ortho nitro benzene ring substituents is 1. The molecule has 0 amide bonds. The van der Waals surface area contributed by atoms with E-state index in [1.165, 1.54) is 18.9 Å². The average Bonchev–Trinajstić information content (AvgIpc) is 2.75. The topological polar surface area (TPSA) is 71.3 Å². The maximum Gasteiger partial charge on any atom is 0.270 e. The molecule has 2 aromatic rings. The minimum absolute atomic E-state index is 0.0972. The molecule has 104 valence electrons. The Morgan fingerprint density at radius 1 is 1.20 bits per heavy atom. The minimum Gasteiger partial charge on any atom is -0.292 e. The molecular formula is C14H16N4O2. The fraction of sp³-hybridized carbons (Fsp3) is 0.357. The first-order valence-electron chi connectivity index (χ1n) is 6.80. The Bertz CT molecular complexity index is 636. The Balaban J connectivity index is 1.94. The number of rotatable bonds is 2. The summed E-state index contributed by atoms with van der Waals surface area (Å²) < 4.78 is 0. The van der Waals surface area contributed by atoms with Crippen molar-refractivity contribution in [2.45, 2.75) is 19.3 Å². The number of nitro benzene ring substituents is 1. The lowest BCUT2D eigenvalue weighted by molar-refractivity contribution is -0.384. The highest BCUT2D eigenvalue weighted by Gasteiger charge is 2.12. The fourth-order valence-corrected chi connectivity index (χ4v) is 2.43. The number of hydrazine groups is 1. The van der Waals surface area contributed by atoms with Crippen molar-refractivity contribution >= 4 is 22.4 Å². The van der Waals surface area contributed by atoms with Crippen LogP contribution in [-0.4, -0.2) is 23.0 Å². The second kappa shape index (κ2) is 5.42. The summed E-state index contributed by atoms with van der Waals surface area (Å²) in [5.41, 5.74) is 4.23. The molecule has 6 heteroatoms. The highest BCUT2D eigenvalue weighted by Crippen LogP contribution is 2.22. The van der Waals surface area contributed by atoms with Crippen molar-refractivity contribution in [3.8, 4) is 0 Å². The van der Waals surface area contributed by atoms with Crippen LogP contribution in [0.5, 0.6) is 0 Å². The summed E-state index contributed by atoms with van der Waals surface area (Å²) in [5.74, 6) is 0.869. The Morgan fingerprint density at radius 3 is 2.95 bits per heavy atom. The van der Waals surface area contributed by atoms with Gasteiger partial charge in [-0.05, 0) is 31.0 Å². The molecule has 6 nitrogen and oxygen atoms in total. The quantitative estimate of drug-likeness (QED) is 0.672. The van der Waals surface area contributed by atoms with Gasteiger partial charge in [-0.15, -0.1) is 0 Å². The lowest BCUT2D eigenvalue weighted by atomic mass is 10.2. The molecule has 0 spiro atoms. The van der Waals surface area contributed by atoms with E-state index in [1.54, 1.807) is 12.1 Å². The van der Waals surface area contributed by atoms with Crippen LogP contribution < -0.4 is 10.4 Å². The van der Waals surface area contributed by atoms with Crippen molar-refractivity contribution in [1.29, 1.82) is 0 Å². The molecule has 1 fully saturated rings. The Labute approximate surface area is 116 Å². The number of aromatic nitrogens is 1. The number of pyridine rings is 1. The van der Waals surface area contributed by atoms with E-state index < -0.39 is 0 Å². The van der Waals surface area contributed by atoms with Crippen molar-refractivity contribution in [2.24, 2.45) is 0 Å². The van der Waals surface area contributed by atoms with Crippen LogP contribution >= 0.6 is 0 Å². The number of nitrogens with one attached hydrogen (secondary N) is 1. The van der Waals surface area contributed by atoms with Crippen LogP contribution in [0.4, 0.5) is 11.5 Å². The summed E-state index contributed by atoms with van der Waals surface area (Å²) in [4.78, 5) is 15.0. The van der Waals surface area contributed by atoms with Gasteiger partial charge in [0.2, 0.25) is 0 Å². The first-order valence-corrected chi connectivity index (χ1v) is 6.80. The third-order valence-electron chi connectivity index (χ3n) is 3.51. The molecule has 0 atom stereocenters. The molecule has 0 unspecified atom stereocenters. The molecule has 1 aromatic heterocycles.